The third kappa shape index (κ3) is 4.16. The molecule has 1 aromatic carbocycles. The van der Waals surface area contributed by atoms with Crippen molar-refractivity contribution >= 4 is 40.3 Å². The summed E-state index contributed by atoms with van der Waals surface area (Å²) in [7, 11) is 0. The molecule has 0 saturated carbocycles. The molecular formula is C19H18Cl2N6. The molecule has 138 valence electrons. The molecule has 2 N–H and O–H groups in total. The lowest BCUT2D eigenvalue weighted by molar-refractivity contribution is 0.419. The molecule has 6 nitrogen and oxygen atoms in total. The summed E-state index contributed by atoms with van der Waals surface area (Å²) in [6.07, 6.45) is 2.16. The Kier molecular flexibility index (Phi) is 5.17. The highest BCUT2D eigenvalue weighted by molar-refractivity contribution is 6.30. The van der Waals surface area contributed by atoms with E-state index in [2.05, 4.69) is 31.2 Å². The van der Waals surface area contributed by atoms with E-state index in [1.165, 1.54) is 0 Å². The van der Waals surface area contributed by atoms with Crippen LogP contribution in [0, 0.1) is 11.3 Å². The fourth-order valence-electron chi connectivity index (χ4n) is 3.42. The number of benzene rings is 1. The number of halogens is 2. The van der Waals surface area contributed by atoms with Crippen molar-refractivity contribution in [1.82, 2.24) is 20.3 Å². The number of hydrogen-bond donors (Lipinski definition) is 2. The third-order valence-corrected chi connectivity index (χ3v) is 5.13. The highest BCUT2D eigenvalue weighted by Gasteiger charge is 2.22. The van der Waals surface area contributed by atoms with E-state index in [0.717, 1.165) is 43.0 Å². The van der Waals surface area contributed by atoms with Gasteiger partial charge in [0.05, 0.1) is 17.1 Å². The highest BCUT2D eigenvalue weighted by atomic mass is 35.5. The van der Waals surface area contributed by atoms with E-state index in [1.807, 2.05) is 18.2 Å². The summed E-state index contributed by atoms with van der Waals surface area (Å²) in [6.45, 7) is 2.46. The molecule has 1 aliphatic heterocycles. The van der Waals surface area contributed by atoms with Crippen molar-refractivity contribution in [3.05, 3.63) is 51.6 Å². The van der Waals surface area contributed by atoms with E-state index in [-0.39, 0.29) is 0 Å². The second-order valence-electron chi connectivity index (χ2n) is 6.69. The summed E-state index contributed by atoms with van der Waals surface area (Å²) in [5.74, 6) is 0.820. The van der Waals surface area contributed by atoms with E-state index in [9.17, 15) is 0 Å². The molecule has 1 saturated heterocycles. The lowest BCUT2D eigenvalue weighted by atomic mass is 10.1. The van der Waals surface area contributed by atoms with Crippen LogP contribution in [0.3, 0.4) is 0 Å². The standard InChI is InChI=1S/C19H18Cl2N6/c20-14-7-12(9-22)6-13(8-14)10-23-15-2-1-5-27(11-15)19-24-16-3-4-17(21)25-18(16)26-19/h3-4,6-8,15,23H,1-2,5,10-11H2,(H,24,25,26). The van der Waals surface area contributed by atoms with Crippen molar-refractivity contribution < 1.29 is 0 Å². The quantitative estimate of drug-likeness (QED) is 0.649. The topological polar surface area (TPSA) is 80.6 Å². The van der Waals surface area contributed by atoms with Crippen LogP contribution >= 0.6 is 23.2 Å². The zero-order valence-electron chi connectivity index (χ0n) is 14.5. The normalized spacial score (nSPS) is 17.2. The number of pyridine rings is 1. The zero-order valence-corrected chi connectivity index (χ0v) is 16.1. The average Bonchev–Trinajstić information content (AvgIpc) is 3.09. The monoisotopic (exact) mass is 400 g/mol. The number of aromatic amines is 1. The summed E-state index contributed by atoms with van der Waals surface area (Å²) in [4.78, 5) is 14.4. The maximum absolute atomic E-state index is 9.08. The molecule has 0 spiro atoms. The molecule has 2 aromatic heterocycles. The Labute approximate surface area is 167 Å². The smallest absolute Gasteiger partial charge is 0.205 e. The maximum Gasteiger partial charge on any atom is 0.205 e. The first-order valence-electron chi connectivity index (χ1n) is 8.81. The molecule has 1 atom stereocenters. The van der Waals surface area contributed by atoms with Gasteiger partial charge in [-0.2, -0.15) is 10.2 Å². The van der Waals surface area contributed by atoms with Crippen LogP contribution in [-0.2, 0) is 6.54 Å². The van der Waals surface area contributed by atoms with E-state index in [1.54, 1.807) is 12.1 Å². The number of fused-ring (bicyclic) bond motifs is 1. The minimum atomic E-state index is 0.327. The van der Waals surface area contributed by atoms with Crippen molar-refractivity contribution in [1.29, 1.82) is 5.26 Å². The molecule has 0 radical (unpaired) electrons. The van der Waals surface area contributed by atoms with Crippen molar-refractivity contribution in [2.75, 3.05) is 18.0 Å². The van der Waals surface area contributed by atoms with E-state index in [0.29, 0.717) is 34.0 Å². The van der Waals surface area contributed by atoms with Gasteiger partial charge in [-0.05, 0) is 48.7 Å². The van der Waals surface area contributed by atoms with Crippen LogP contribution in [0.5, 0.6) is 0 Å². The van der Waals surface area contributed by atoms with Crippen molar-refractivity contribution in [3.8, 4) is 6.07 Å². The van der Waals surface area contributed by atoms with E-state index in [4.69, 9.17) is 28.5 Å². The van der Waals surface area contributed by atoms with Gasteiger partial charge in [-0.15, -0.1) is 0 Å². The van der Waals surface area contributed by atoms with Crippen LogP contribution < -0.4 is 10.2 Å². The highest BCUT2D eigenvalue weighted by Crippen LogP contribution is 2.22. The minimum absolute atomic E-state index is 0.327. The van der Waals surface area contributed by atoms with Crippen molar-refractivity contribution in [2.24, 2.45) is 0 Å². The number of piperidine rings is 1. The van der Waals surface area contributed by atoms with Gasteiger partial charge in [-0.25, -0.2) is 4.98 Å². The van der Waals surface area contributed by atoms with E-state index >= 15 is 0 Å². The molecule has 1 unspecified atom stereocenters. The summed E-state index contributed by atoms with van der Waals surface area (Å²) in [5, 5.41) is 13.7. The Morgan fingerprint density at radius 1 is 1.26 bits per heavy atom. The number of rotatable bonds is 4. The fraction of sp³-hybridized carbons (Fsp3) is 0.316. The third-order valence-electron chi connectivity index (χ3n) is 4.70. The van der Waals surface area contributed by atoms with Crippen LogP contribution in [-0.4, -0.2) is 34.1 Å². The van der Waals surface area contributed by atoms with Crippen molar-refractivity contribution in [2.45, 2.75) is 25.4 Å². The van der Waals surface area contributed by atoms with Crippen LogP contribution in [0.1, 0.15) is 24.0 Å². The molecule has 3 heterocycles. The summed E-state index contributed by atoms with van der Waals surface area (Å²) in [6, 6.07) is 11.6. The number of aromatic nitrogens is 3. The molecule has 27 heavy (non-hydrogen) atoms. The Morgan fingerprint density at radius 3 is 3.00 bits per heavy atom. The minimum Gasteiger partial charge on any atom is -0.341 e. The Morgan fingerprint density at radius 2 is 2.15 bits per heavy atom. The van der Waals surface area contributed by atoms with Crippen LogP contribution in [0.25, 0.3) is 11.2 Å². The predicted octanol–water partition coefficient (Wildman–Crippen LogP) is 3.89. The van der Waals surface area contributed by atoms with Gasteiger partial charge in [0, 0.05) is 30.7 Å². The number of nitrogens with one attached hydrogen (secondary N) is 2. The second kappa shape index (κ2) is 7.73. The lowest BCUT2D eigenvalue weighted by Gasteiger charge is -2.33. The van der Waals surface area contributed by atoms with Gasteiger partial charge >= 0.3 is 0 Å². The summed E-state index contributed by atoms with van der Waals surface area (Å²) < 4.78 is 0. The zero-order chi connectivity index (χ0) is 18.8. The Hall–Kier alpha value is -2.33. The second-order valence-corrected chi connectivity index (χ2v) is 7.52. The number of anilines is 1. The molecular weight excluding hydrogens is 383 g/mol. The molecule has 4 rings (SSSR count). The summed E-state index contributed by atoms with van der Waals surface area (Å²) >= 11 is 12.0. The molecule has 0 aliphatic carbocycles. The predicted molar refractivity (Wildman–Crippen MR) is 107 cm³/mol. The number of imidazole rings is 1. The van der Waals surface area contributed by atoms with Gasteiger partial charge in [0.1, 0.15) is 5.15 Å². The summed E-state index contributed by atoms with van der Waals surface area (Å²) in [5.41, 5.74) is 3.11. The van der Waals surface area contributed by atoms with E-state index < -0.39 is 0 Å². The maximum atomic E-state index is 9.08. The number of nitrogens with zero attached hydrogens (tertiary/aromatic N) is 4. The molecule has 1 fully saturated rings. The van der Waals surface area contributed by atoms with Crippen molar-refractivity contribution in [3.63, 3.8) is 0 Å². The molecule has 0 bridgehead atoms. The molecule has 8 heteroatoms. The number of nitriles is 1. The van der Waals surface area contributed by atoms with Crippen LogP contribution in [0.4, 0.5) is 5.95 Å². The van der Waals surface area contributed by atoms with Gasteiger partial charge < -0.3 is 15.2 Å². The Balaban J connectivity index is 1.43. The fourth-order valence-corrected chi connectivity index (χ4v) is 3.82. The lowest BCUT2D eigenvalue weighted by Crippen LogP contribution is -2.45. The Bertz CT molecular complexity index is 1010. The first-order valence-corrected chi connectivity index (χ1v) is 9.56. The number of hydrogen-bond acceptors (Lipinski definition) is 5. The largest absolute Gasteiger partial charge is 0.341 e. The molecule has 1 aliphatic rings. The number of H-pyrrole nitrogens is 1. The molecule has 3 aromatic rings. The van der Waals surface area contributed by atoms with Crippen LogP contribution in [0.15, 0.2) is 30.3 Å². The average molecular weight is 401 g/mol. The first-order chi connectivity index (χ1) is 13.1. The first kappa shape index (κ1) is 18.1. The van der Waals surface area contributed by atoms with Gasteiger partial charge in [-0.3, -0.25) is 0 Å². The van der Waals surface area contributed by atoms with Crippen LogP contribution in [0.2, 0.25) is 10.2 Å². The van der Waals surface area contributed by atoms with Gasteiger partial charge in [0.25, 0.3) is 0 Å². The SMILES string of the molecule is N#Cc1cc(Cl)cc(CNC2CCCN(c3nc4nc(Cl)ccc4[nH]3)C2)c1. The van der Waals surface area contributed by atoms with Gasteiger partial charge in [-0.1, -0.05) is 23.2 Å². The molecule has 0 amide bonds. The van der Waals surface area contributed by atoms with Gasteiger partial charge in [0.2, 0.25) is 5.95 Å². The van der Waals surface area contributed by atoms with Gasteiger partial charge in [0.15, 0.2) is 5.65 Å².